The van der Waals surface area contributed by atoms with Crippen LogP contribution in [0.2, 0.25) is 0 Å². The Morgan fingerprint density at radius 1 is 0.297 bits per heavy atom. The molecule has 1 heterocycles. The Bertz CT molecular complexity index is 3580. The number of nitrogens with zero attached hydrogens (tertiary/aromatic N) is 2. The highest BCUT2D eigenvalue weighted by molar-refractivity contribution is 7.25. The van der Waals surface area contributed by atoms with Crippen LogP contribution in [-0.4, -0.2) is 0 Å². The van der Waals surface area contributed by atoms with E-state index in [1.54, 1.807) is 0 Å². The lowest BCUT2D eigenvalue weighted by molar-refractivity contribution is 0.793. The van der Waals surface area contributed by atoms with E-state index in [1.807, 2.05) is 11.3 Å². The van der Waals surface area contributed by atoms with Gasteiger partial charge in [-0.25, -0.2) is 0 Å². The minimum Gasteiger partial charge on any atom is -0.310 e. The fourth-order valence-corrected chi connectivity index (χ4v) is 11.9. The first-order valence-corrected chi connectivity index (χ1v) is 22.8. The molecule has 1 atom stereocenters. The first-order chi connectivity index (χ1) is 31.8. The largest absolute Gasteiger partial charge is 0.310 e. The first-order valence-electron chi connectivity index (χ1n) is 22.0. The molecular weight excluding hydrogens is 793 g/mol. The van der Waals surface area contributed by atoms with E-state index in [-0.39, 0.29) is 0 Å². The quantitative estimate of drug-likeness (QED) is 0.158. The molecular formula is C61H40N2S. The van der Waals surface area contributed by atoms with Crippen molar-refractivity contribution < 1.29 is 0 Å². The van der Waals surface area contributed by atoms with Crippen LogP contribution in [0, 0.1) is 0 Å². The van der Waals surface area contributed by atoms with Gasteiger partial charge in [0.25, 0.3) is 0 Å². The molecule has 10 aromatic carbocycles. The molecule has 0 fully saturated rings. The summed E-state index contributed by atoms with van der Waals surface area (Å²) in [4.78, 5) is 4.90. The summed E-state index contributed by atoms with van der Waals surface area (Å²) >= 11 is 1.86. The van der Waals surface area contributed by atoms with E-state index in [2.05, 4.69) is 252 Å². The normalized spacial score (nSPS) is 14.3. The van der Waals surface area contributed by atoms with Crippen molar-refractivity contribution in [3.8, 4) is 33.4 Å². The molecule has 300 valence electrons. The van der Waals surface area contributed by atoms with Crippen molar-refractivity contribution in [1.29, 1.82) is 0 Å². The van der Waals surface area contributed by atoms with Crippen LogP contribution in [-0.2, 0) is 5.41 Å². The van der Waals surface area contributed by atoms with Crippen LogP contribution in [0.3, 0.4) is 0 Å². The van der Waals surface area contributed by atoms with Crippen LogP contribution in [0.5, 0.6) is 0 Å². The number of hydrogen-bond acceptors (Lipinski definition) is 3. The average molecular weight is 833 g/mol. The predicted octanol–water partition coefficient (Wildman–Crippen LogP) is 17.0. The lowest BCUT2D eigenvalue weighted by atomic mass is 9.70. The molecule has 0 saturated carbocycles. The maximum Gasteiger partial charge on any atom is 0.0727 e. The van der Waals surface area contributed by atoms with Crippen LogP contribution in [0.1, 0.15) is 22.3 Å². The Hall–Kier alpha value is -7.98. The molecule has 13 rings (SSSR count). The van der Waals surface area contributed by atoms with E-state index in [0.29, 0.717) is 0 Å². The number of para-hydroxylation sites is 2. The number of rotatable bonds is 7. The van der Waals surface area contributed by atoms with Crippen molar-refractivity contribution in [2.24, 2.45) is 0 Å². The van der Waals surface area contributed by atoms with Crippen molar-refractivity contribution in [3.05, 3.63) is 265 Å². The summed E-state index contributed by atoms with van der Waals surface area (Å²) in [6.07, 6.45) is 0. The van der Waals surface area contributed by atoms with Gasteiger partial charge in [0, 0.05) is 54.2 Å². The molecule has 1 unspecified atom stereocenters. The highest BCUT2D eigenvalue weighted by Gasteiger charge is 2.52. The van der Waals surface area contributed by atoms with Gasteiger partial charge in [0.15, 0.2) is 0 Å². The molecule has 0 N–H and O–H groups in total. The van der Waals surface area contributed by atoms with E-state index in [1.165, 1.54) is 75.8 Å². The predicted molar refractivity (Wildman–Crippen MR) is 270 cm³/mol. The topological polar surface area (TPSA) is 6.48 Å². The van der Waals surface area contributed by atoms with Gasteiger partial charge in [-0.05, 0) is 129 Å². The highest BCUT2D eigenvalue weighted by Crippen LogP contribution is 2.65. The molecule has 0 radical (unpaired) electrons. The summed E-state index contributed by atoms with van der Waals surface area (Å²) in [5.41, 5.74) is 18.9. The molecule has 0 aliphatic heterocycles. The molecule has 0 amide bonds. The molecule has 0 saturated heterocycles. The van der Waals surface area contributed by atoms with E-state index in [4.69, 9.17) is 0 Å². The van der Waals surface area contributed by atoms with Crippen molar-refractivity contribution in [2.75, 3.05) is 9.80 Å². The van der Waals surface area contributed by atoms with Gasteiger partial charge in [0.1, 0.15) is 0 Å². The van der Waals surface area contributed by atoms with Crippen molar-refractivity contribution in [3.63, 3.8) is 0 Å². The lowest BCUT2D eigenvalue weighted by Gasteiger charge is -2.33. The Labute approximate surface area is 377 Å². The molecule has 11 aromatic rings. The molecule has 0 bridgehead atoms. The van der Waals surface area contributed by atoms with Crippen LogP contribution in [0.25, 0.3) is 53.6 Å². The monoisotopic (exact) mass is 832 g/mol. The minimum absolute atomic E-state index is 0.562. The molecule has 1 spiro atoms. The summed E-state index contributed by atoms with van der Waals surface area (Å²) in [5, 5.41) is 2.58. The molecule has 2 nitrogen and oxygen atoms in total. The Balaban J connectivity index is 1.06. The maximum absolute atomic E-state index is 2.49. The minimum atomic E-state index is -0.562. The van der Waals surface area contributed by atoms with Gasteiger partial charge >= 0.3 is 0 Å². The zero-order valence-electron chi connectivity index (χ0n) is 34.9. The van der Waals surface area contributed by atoms with E-state index >= 15 is 0 Å². The molecule has 2 aliphatic carbocycles. The molecule has 64 heavy (non-hydrogen) atoms. The van der Waals surface area contributed by atoms with Crippen LogP contribution >= 0.6 is 11.3 Å². The fraction of sp³-hybridized carbons (Fsp3) is 0.0164. The second-order valence-electron chi connectivity index (χ2n) is 16.8. The van der Waals surface area contributed by atoms with Crippen LogP contribution in [0.4, 0.5) is 34.1 Å². The van der Waals surface area contributed by atoms with Gasteiger partial charge in [-0.1, -0.05) is 164 Å². The fourth-order valence-electron chi connectivity index (χ4n) is 10.8. The standard InChI is InChI=1S/C61H40N2S/c1-4-18-41(19-5-1)42-20-16-25-45(38-42)62(43-21-6-2-7-22-43)47-34-36-49-48-26-10-13-29-53(48)61(56(49)40-47)54-30-14-11-28-51(54)60-55(61)31-17-32-57(60)63(44-23-8-3-9-24-44)46-35-37-59-52(39-46)50-27-12-15-33-58(50)64-59/h1-40H. The Kier molecular flexibility index (Phi) is 8.34. The summed E-state index contributed by atoms with van der Waals surface area (Å²) in [6, 6.07) is 89.6. The van der Waals surface area contributed by atoms with Crippen LogP contribution in [0.15, 0.2) is 243 Å². The van der Waals surface area contributed by atoms with Gasteiger partial charge in [-0.15, -0.1) is 11.3 Å². The van der Waals surface area contributed by atoms with Gasteiger partial charge < -0.3 is 9.80 Å². The first kappa shape index (κ1) is 36.7. The summed E-state index contributed by atoms with van der Waals surface area (Å²) in [5.74, 6) is 0. The van der Waals surface area contributed by atoms with Gasteiger partial charge in [0.05, 0.1) is 11.1 Å². The smallest absolute Gasteiger partial charge is 0.0727 e. The number of thiophene rings is 1. The Morgan fingerprint density at radius 2 is 0.828 bits per heavy atom. The van der Waals surface area contributed by atoms with E-state index in [9.17, 15) is 0 Å². The van der Waals surface area contributed by atoms with Crippen molar-refractivity contribution in [2.45, 2.75) is 5.41 Å². The average Bonchev–Trinajstić information content (AvgIpc) is 3.99. The number of fused-ring (bicyclic) bond motifs is 13. The van der Waals surface area contributed by atoms with E-state index < -0.39 is 5.41 Å². The lowest BCUT2D eigenvalue weighted by Crippen LogP contribution is -2.26. The zero-order valence-corrected chi connectivity index (χ0v) is 35.7. The van der Waals surface area contributed by atoms with Crippen LogP contribution < -0.4 is 9.80 Å². The molecule has 1 aromatic heterocycles. The van der Waals surface area contributed by atoms with E-state index in [0.717, 1.165) is 34.1 Å². The molecule has 3 heteroatoms. The van der Waals surface area contributed by atoms with Gasteiger partial charge in [-0.2, -0.15) is 0 Å². The SMILES string of the molecule is c1ccc(-c2cccc(N(c3ccccc3)c3ccc4c(c3)C3(c5ccccc5-4)c4ccccc4-c4c(N(c5ccccc5)c5ccc6sc7ccccc7c6c5)cccc43)c2)cc1. The number of anilines is 6. The van der Waals surface area contributed by atoms with Gasteiger partial charge in [-0.3, -0.25) is 0 Å². The summed E-state index contributed by atoms with van der Waals surface area (Å²) in [6.45, 7) is 0. The number of hydrogen-bond donors (Lipinski definition) is 0. The van der Waals surface area contributed by atoms with Gasteiger partial charge in [0.2, 0.25) is 0 Å². The zero-order chi connectivity index (χ0) is 42.2. The second kappa shape index (κ2) is 14.6. The maximum atomic E-state index is 2.49. The molecule has 2 aliphatic rings. The summed E-state index contributed by atoms with van der Waals surface area (Å²) in [7, 11) is 0. The third-order valence-electron chi connectivity index (χ3n) is 13.4. The van der Waals surface area contributed by atoms with Crippen molar-refractivity contribution >= 4 is 65.6 Å². The third-order valence-corrected chi connectivity index (χ3v) is 14.6. The summed E-state index contributed by atoms with van der Waals surface area (Å²) < 4.78 is 2.61. The second-order valence-corrected chi connectivity index (χ2v) is 17.9. The Morgan fingerprint density at radius 3 is 1.62 bits per heavy atom. The number of benzene rings is 10. The highest BCUT2D eigenvalue weighted by atomic mass is 32.1. The third kappa shape index (κ3) is 5.44. The van der Waals surface area contributed by atoms with Crippen molar-refractivity contribution in [1.82, 2.24) is 0 Å².